The Morgan fingerprint density at radius 2 is 1.81 bits per heavy atom. The molecule has 2 aromatic carbocycles. The molecule has 0 saturated heterocycles. The average Bonchev–Trinajstić information content (AvgIpc) is 3.11. The molecule has 0 radical (unpaired) electrons. The minimum Gasteiger partial charge on any atom is -0.459 e. The molecule has 0 spiro atoms. The van der Waals surface area contributed by atoms with Gasteiger partial charge in [-0.25, -0.2) is 0 Å². The van der Waals surface area contributed by atoms with Crippen molar-refractivity contribution in [3.8, 4) is 11.3 Å². The van der Waals surface area contributed by atoms with Crippen molar-refractivity contribution in [2.24, 2.45) is 0 Å². The summed E-state index contributed by atoms with van der Waals surface area (Å²) in [5, 5.41) is 15.1. The highest BCUT2D eigenvalue weighted by atomic mass is 32.1. The van der Waals surface area contributed by atoms with Gasteiger partial charge in [0.25, 0.3) is 5.91 Å². The van der Waals surface area contributed by atoms with E-state index < -0.39 is 0 Å². The molecule has 0 fully saturated rings. The third kappa shape index (κ3) is 4.61. The molecule has 0 saturated carbocycles. The first kappa shape index (κ1) is 18.8. The third-order valence-electron chi connectivity index (χ3n) is 4.11. The van der Waals surface area contributed by atoms with Crippen LogP contribution >= 0.6 is 12.2 Å². The van der Waals surface area contributed by atoms with E-state index in [1.807, 2.05) is 50.2 Å². The van der Waals surface area contributed by atoms with Gasteiger partial charge in [-0.15, -0.1) is 0 Å². The molecule has 0 unspecified atom stereocenters. The summed E-state index contributed by atoms with van der Waals surface area (Å²) < 4.78 is 5.58. The fourth-order valence-corrected chi connectivity index (χ4v) is 2.88. The number of aryl methyl sites for hydroxylation is 2. The lowest BCUT2D eigenvalue weighted by atomic mass is 10.1. The van der Waals surface area contributed by atoms with Crippen LogP contribution in [-0.2, 0) is 6.61 Å². The maximum absolute atomic E-state index is 12.2. The van der Waals surface area contributed by atoms with Crippen LogP contribution in [0.25, 0.3) is 11.3 Å². The molecule has 0 atom stereocenters. The topological polar surface area (TPSA) is 74.5 Å². The van der Waals surface area contributed by atoms with Crippen molar-refractivity contribution in [1.82, 2.24) is 5.32 Å². The molecule has 0 bridgehead atoms. The van der Waals surface area contributed by atoms with Crippen molar-refractivity contribution in [3.63, 3.8) is 0 Å². The van der Waals surface area contributed by atoms with Crippen LogP contribution in [0.15, 0.2) is 59.0 Å². The van der Waals surface area contributed by atoms with Gasteiger partial charge in [0.05, 0.1) is 0 Å². The fourth-order valence-electron chi connectivity index (χ4n) is 2.67. The van der Waals surface area contributed by atoms with E-state index >= 15 is 0 Å². The summed E-state index contributed by atoms with van der Waals surface area (Å²) in [4.78, 5) is 12.2. The highest BCUT2D eigenvalue weighted by molar-refractivity contribution is 7.80. The Morgan fingerprint density at radius 1 is 1.07 bits per heavy atom. The summed E-state index contributed by atoms with van der Waals surface area (Å²) in [6.45, 7) is 3.79. The summed E-state index contributed by atoms with van der Waals surface area (Å²) in [7, 11) is 0. The smallest absolute Gasteiger partial charge is 0.257 e. The fraction of sp³-hybridized carbons (Fsp3) is 0.143. The number of hydrogen-bond acceptors (Lipinski definition) is 4. The minimum absolute atomic E-state index is 0.131. The van der Waals surface area contributed by atoms with Crippen LogP contribution in [0.2, 0.25) is 0 Å². The van der Waals surface area contributed by atoms with Crippen molar-refractivity contribution in [1.29, 1.82) is 0 Å². The van der Waals surface area contributed by atoms with Gasteiger partial charge in [0, 0.05) is 16.8 Å². The molecule has 1 heterocycles. The number of aliphatic hydroxyl groups excluding tert-OH is 1. The molecule has 27 heavy (non-hydrogen) atoms. The van der Waals surface area contributed by atoms with E-state index in [4.69, 9.17) is 21.7 Å². The van der Waals surface area contributed by atoms with Crippen molar-refractivity contribution in [3.05, 3.63) is 77.0 Å². The number of aliphatic hydroxyl groups is 1. The largest absolute Gasteiger partial charge is 0.459 e. The standard InChI is InChI=1S/C21H20N2O3S/c1-13-3-5-15(6-4-13)20(25)23-21(27)22-16-7-9-18(14(2)11-16)19-10-8-17(12-24)26-19/h3-11,24H,12H2,1-2H3,(H2,22,23,25,27). The molecule has 6 heteroatoms. The monoisotopic (exact) mass is 380 g/mol. The maximum atomic E-state index is 12.2. The first-order chi connectivity index (χ1) is 13.0. The summed E-state index contributed by atoms with van der Waals surface area (Å²) in [5.74, 6) is 0.956. The molecular weight excluding hydrogens is 360 g/mol. The molecule has 3 aromatic rings. The van der Waals surface area contributed by atoms with Crippen LogP contribution in [0.5, 0.6) is 0 Å². The predicted molar refractivity (Wildman–Crippen MR) is 110 cm³/mol. The zero-order valence-corrected chi connectivity index (χ0v) is 15.9. The SMILES string of the molecule is Cc1ccc(C(=O)NC(=S)Nc2ccc(-c3ccc(CO)o3)c(C)c2)cc1. The number of nitrogens with one attached hydrogen (secondary N) is 2. The number of thiocarbonyl (C=S) groups is 1. The third-order valence-corrected chi connectivity index (χ3v) is 4.31. The Bertz CT molecular complexity index is 977. The first-order valence-corrected chi connectivity index (χ1v) is 8.86. The minimum atomic E-state index is -0.257. The second kappa shape index (κ2) is 8.16. The highest BCUT2D eigenvalue weighted by Crippen LogP contribution is 2.27. The Hall–Kier alpha value is -2.96. The Kier molecular flexibility index (Phi) is 5.69. The molecule has 1 aromatic heterocycles. The number of benzene rings is 2. The number of carbonyl (C=O) groups excluding carboxylic acids is 1. The number of anilines is 1. The zero-order valence-electron chi connectivity index (χ0n) is 15.1. The van der Waals surface area contributed by atoms with E-state index in [9.17, 15) is 4.79 Å². The molecule has 0 aliphatic heterocycles. The molecule has 0 aliphatic carbocycles. The molecule has 0 aliphatic rings. The Balaban J connectivity index is 1.66. The van der Waals surface area contributed by atoms with Crippen molar-refractivity contribution >= 4 is 28.9 Å². The summed E-state index contributed by atoms with van der Waals surface area (Å²) >= 11 is 5.24. The number of rotatable bonds is 4. The van der Waals surface area contributed by atoms with Gasteiger partial charge in [0.15, 0.2) is 5.11 Å². The summed E-state index contributed by atoms with van der Waals surface area (Å²) in [6, 6.07) is 16.5. The first-order valence-electron chi connectivity index (χ1n) is 8.46. The van der Waals surface area contributed by atoms with Gasteiger partial charge in [-0.2, -0.15) is 0 Å². The van der Waals surface area contributed by atoms with Gasteiger partial charge >= 0.3 is 0 Å². The van der Waals surface area contributed by atoms with Crippen molar-refractivity contribution in [2.45, 2.75) is 20.5 Å². The number of amides is 1. The summed E-state index contributed by atoms with van der Waals surface area (Å²) in [6.07, 6.45) is 0. The van der Waals surface area contributed by atoms with E-state index in [0.29, 0.717) is 17.1 Å². The average molecular weight is 380 g/mol. The quantitative estimate of drug-likeness (QED) is 0.592. The van der Waals surface area contributed by atoms with Crippen LogP contribution in [0.4, 0.5) is 5.69 Å². The van der Waals surface area contributed by atoms with Gasteiger partial charge < -0.3 is 14.8 Å². The van der Waals surface area contributed by atoms with Crippen LogP contribution < -0.4 is 10.6 Å². The highest BCUT2D eigenvalue weighted by Gasteiger charge is 2.10. The van der Waals surface area contributed by atoms with Gasteiger partial charge in [0.1, 0.15) is 18.1 Å². The summed E-state index contributed by atoms with van der Waals surface area (Å²) in [5.41, 5.74) is 4.31. The molecule has 5 nitrogen and oxygen atoms in total. The molecule has 1 amide bonds. The van der Waals surface area contributed by atoms with Crippen molar-refractivity contribution < 1.29 is 14.3 Å². The van der Waals surface area contributed by atoms with E-state index in [1.54, 1.807) is 18.2 Å². The van der Waals surface area contributed by atoms with Crippen LogP contribution in [0.1, 0.15) is 27.2 Å². The predicted octanol–water partition coefficient (Wildman–Crippen LogP) is 4.18. The lowest BCUT2D eigenvalue weighted by Gasteiger charge is -2.11. The molecule has 3 rings (SSSR count). The van der Waals surface area contributed by atoms with Gasteiger partial charge in [-0.05, 0) is 74.1 Å². The lowest BCUT2D eigenvalue weighted by Crippen LogP contribution is -2.34. The normalized spacial score (nSPS) is 10.5. The second-order valence-corrected chi connectivity index (χ2v) is 6.64. The van der Waals surface area contributed by atoms with E-state index in [-0.39, 0.29) is 17.6 Å². The Labute approximate surface area is 163 Å². The van der Waals surface area contributed by atoms with E-state index in [2.05, 4.69) is 10.6 Å². The molecule has 138 valence electrons. The van der Waals surface area contributed by atoms with Crippen LogP contribution in [0.3, 0.4) is 0 Å². The van der Waals surface area contributed by atoms with Crippen molar-refractivity contribution in [2.75, 3.05) is 5.32 Å². The molecular formula is C21H20N2O3S. The van der Waals surface area contributed by atoms with E-state index in [1.165, 1.54) is 0 Å². The van der Waals surface area contributed by atoms with Gasteiger partial charge in [0.2, 0.25) is 0 Å². The Morgan fingerprint density at radius 3 is 2.44 bits per heavy atom. The van der Waals surface area contributed by atoms with Gasteiger partial charge in [-0.1, -0.05) is 17.7 Å². The van der Waals surface area contributed by atoms with Gasteiger partial charge in [-0.3, -0.25) is 10.1 Å². The lowest BCUT2D eigenvalue weighted by molar-refractivity contribution is 0.0977. The van der Waals surface area contributed by atoms with E-state index in [0.717, 1.165) is 22.4 Å². The molecule has 3 N–H and O–H groups in total. The number of hydrogen-bond donors (Lipinski definition) is 3. The number of furan rings is 1. The van der Waals surface area contributed by atoms with Crippen LogP contribution in [-0.4, -0.2) is 16.1 Å². The van der Waals surface area contributed by atoms with Crippen LogP contribution in [0, 0.1) is 13.8 Å². The number of carbonyl (C=O) groups is 1. The maximum Gasteiger partial charge on any atom is 0.257 e. The second-order valence-electron chi connectivity index (χ2n) is 6.23. The zero-order chi connectivity index (χ0) is 19.4.